The highest BCUT2D eigenvalue weighted by atomic mass is 19.1. The van der Waals surface area contributed by atoms with Crippen molar-refractivity contribution in [3.05, 3.63) is 53.9 Å². The summed E-state index contributed by atoms with van der Waals surface area (Å²) >= 11 is 0. The SMILES string of the molecule is O=C(NCc1cnccn1)[C@@H]1CN(CC2CC2)[C@H]2c3cc(F)ccc3OC[C@@H]12. The highest BCUT2D eigenvalue weighted by Gasteiger charge is 2.49. The number of amides is 1. The van der Waals surface area contributed by atoms with E-state index >= 15 is 0 Å². The molecule has 2 aromatic rings. The number of nitrogens with one attached hydrogen (secondary N) is 1. The van der Waals surface area contributed by atoms with E-state index in [0.29, 0.717) is 25.6 Å². The molecular formula is C21H23FN4O2. The van der Waals surface area contributed by atoms with Gasteiger partial charge in [-0.2, -0.15) is 0 Å². The van der Waals surface area contributed by atoms with Crippen molar-refractivity contribution in [2.75, 3.05) is 19.7 Å². The summed E-state index contributed by atoms with van der Waals surface area (Å²) in [6.07, 6.45) is 7.36. The molecule has 3 aliphatic rings. The van der Waals surface area contributed by atoms with Crippen molar-refractivity contribution in [3.63, 3.8) is 0 Å². The number of carbonyl (C=O) groups excluding carboxylic acids is 1. The van der Waals surface area contributed by atoms with Crippen LogP contribution in [0.2, 0.25) is 0 Å². The molecule has 5 rings (SSSR count). The lowest BCUT2D eigenvalue weighted by Gasteiger charge is -2.34. The summed E-state index contributed by atoms with van der Waals surface area (Å²) in [7, 11) is 0. The maximum atomic E-state index is 14.0. The molecule has 1 aliphatic carbocycles. The molecule has 7 heteroatoms. The molecular weight excluding hydrogens is 359 g/mol. The molecule has 0 spiro atoms. The second-order valence-electron chi connectivity index (χ2n) is 8.02. The normalized spacial score (nSPS) is 26.2. The van der Waals surface area contributed by atoms with Crippen molar-refractivity contribution in [2.24, 2.45) is 17.8 Å². The van der Waals surface area contributed by atoms with Gasteiger partial charge in [-0.15, -0.1) is 0 Å². The van der Waals surface area contributed by atoms with Crippen LogP contribution in [0.15, 0.2) is 36.8 Å². The third kappa shape index (κ3) is 3.35. The molecule has 1 saturated heterocycles. The molecule has 0 radical (unpaired) electrons. The van der Waals surface area contributed by atoms with Crippen molar-refractivity contribution < 1.29 is 13.9 Å². The zero-order valence-electron chi connectivity index (χ0n) is 15.6. The number of hydrogen-bond acceptors (Lipinski definition) is 5. The average molecular weight is 382 g/mol. The first-order chi connectivity index (χ1) is 13.7. The van der Waals surface area contributed by atoms with E-state index in [0.717, 1.165) is 23.6 Å². The van der Waals surface area contributed by atoms with E-state index in [9.17, 15) is 9.18 Å². The quantitative estimate of drug-likeness (QED) is 0.860. The molecule has 1 saturated carbocycles. The fourth-order valence-electron chi connectivity index (χ4n) is 4.52. The molecule has 1 aromatic carbocycles. The van der Waals surface area contributed by atoms with E-state index in [1.165, 1.54) is 18.9 Å². The van der Waals surface area contributed by atoms with Crippen LogP contribution in [0.1, 0.15) is 30.1 Å². The van der Waals surface area contributed by atoms with Crippen LogP contribution in [-0.2, 0) is 11.3 Å². The van der Waals surface area contributed by atoms with Gasteiger partial charge in [-0.05, 0) is 37.0 Å². The molecule has 0 bridgehead atoms. The van der Waals surface area contributed by atoms with E-state index in [2.05, 4.69) is 20.2 Å². The molecule has 6 nitrogen and oxygen atoms in total. The Kier molecular flexibility index (Phi) is 4.47. The Bertz CT molecular complexity index is 874. The lowest BCUT2D eigenvalue weighted by atomic mass is 9.85. The molecule has 28 heavy (non-hydrogen) atoms. The number of likely N-dealkylation sites (tertiary alicyclic amines) is 1. The van der Waals surface area contributed by atoms with Gasteiger partial charge in [-0.3, -0.25) is 19.7 Å². The van der Waals surface area contributed by atoms with Gasteiger partial charge in [0.15, 0.2) is 0 Å². The van der Waals surface area contributed by atoms with E-state index in [-0.39, 0.29) is 29.6 Å². The van der Waals surface area contributed by atoms with Crippen molar-refractivity contribution in [1.82, 2.24) is 20.2 Å². The number of nitrogens with zero attached hydrogens (tertiary/aromatic N) is 3. The van der Waals surface area contributed by atoms with Crippen LogP contribution in [0.25, 0.3) is 0 Å². The minimum atomic E-state index is -0.259. The third-order valence-corrected chi connectivity index (χ3v) is 6.06. The summed E-state index contributed by atoms with van der Waals surface area (Å²) in [5.41, 5.74) is 1.61. The van der Waals surface area contributed by atoms with Crippen LogP contribution < -0.4 is 10.1 Å². The maximum Gasteiger partial charge on any atom is 0.225 e. The number of ether oxygens (including phenoxy) is 1. The fraction of sp³-hybridized carbons (Fsp3) is 0.476. The van der Waals surface area contributed by atoms with Gasteiger partial charge in [-0.1, -0.05) is 0 Å². The zero-order valence-corrected chi connectivity index (χ0v) is 15.6. The first-order valence-corrected chi connectivity index (χ1v) is 9.88. The van der Waals surface area contributed by atoms with Gasteiger partial charge in [0, 0.05) is 43.0 Å². The Morgan fingerprint density at radius 1 is 1.32 bits per heavy atom. The summed E-state index contributed by atoms with van der Waals surface area (Å²) in [4.78, 5) is 23.6. The van der Waals surface area contributed by atoms with Crippen LogP contribution in [-0.4, -0.2) is 40.5 Å². The molecule has 3 heterocycles. The molecule has 0 unspecified atom stereocenters. The van der Waals surface area contributed by atoms with Crippen molar-refractivity contribution >= 4 is 5.91 Å². The molecule has 3 atom stereocenters. The van der Waals surface area contributed by atoms with Gasteiger partial charge < -0.3 is 10.1 Å². The Morgan fingerprint density at radius 3 is 3.00 bits per heavy atom. The van der Waals surface area contributed by atoms with Gasteiger partial charge in [0.05, 0.1) is 31.0 Å². The summed E-state index contributed by atoms with van der Waals surface area (Å²) in [5, 5.41) is 3.00. The second-order valence-corrected chi connectivity index (χ2v) is 8.02. The van der Waals surface area contributed by atoms with Crippen LogP contribution >= 0.6 is 0 Å². The van der Waals surface area contributed by atoms with Gasteiger partial charge in [-0.25, -0.2) is 4.39 Å². The van der Waals surface area contributed by atoms with Crippen LogP contribution in [0.3, 0.4) is 0 Å². The molecule has 1 aromatic heterocycles. The highest BCUT2D eigenvalue weighted by molar-refractivity contribution is 5.80. The number of aromatic nitrogens is 2. The monoisotopic (exact) mass is 382 g/mol. The summed E-state index contributed by atoms with van der Waals surface area (Å²) in [6, 6.07) is 4.75. The third-order valence-electron chi connectivity index (χ3n) is 6.06. The molecule has 1 N–H and O–H groups in total. The topological polar surface area (TPSA) is 67.4 Å². The average Bonchev–Trinajstić information content (AvgIpc) is 3.45. The lowest BCUT2D eigenvalue weighted by Crippen LogP contribution is -2.38. The predicted molar refractivity (Wildman–Crippen MR) is 99.8 cm³/mol. The number of fused-ring (bicyclic) bond motifs is 3. The second kappa shape index (κ2) is 7.13. The lowest BCUT2D eigenvalue weighted by molar-refractivity contribution is -0.126. The Hall–Kier alpha value is -2.54. The first kappa shape index (κ1) is 17.6. The smallest absolute Gasteiger partial charge is 0.225 e. The molecule has 1 amide bonds. The Balaban J connectivity index is 1.37. The molecule has 2 aliphatic heterocycles. The van der Waals surface area contributed by atoms with Crippen molar-refractivity contribution in [3.8, 4) is 5.75 Å². The Labute approximate surface area is 163 Å². The molecule has 146 valence electrons. The maximum absolute atomic E-state index is 14.0. The minimum absolute atomic E-state index is 0.00223. The largest absolute Gasteiger partial charge is 0.493 e. The van der Waals surface area contributed by atoms with Gasteiger partial charge in [0.2, 0.25) is 5.91 Å². The number of carbonyl (C=O) groups is 1. The van der Waals surface area contributed by atoms with E-state index < -0.39 is 0 Å². The van der Waals surface area contributed by atoms with E-state index in [1.807, 2.05) is 0 Å². The first-order valence-electron chi connectivity index (χ1n) is 9.88. The minimum Gasteiger partial charge on any atom is -0.493 e. The van der Waals surface area contributed by atoms with Gasteiger partial charge in [0.1, 0.15) is 11.6 Å². The summed E-state index contributed by atoms with van der Waals surface area (Å²) < 4.78 is 19.9. The number of halogens is 1. The van der Waals surface area contributed by atoms with E-state index in [4.69, 9.17) is 4.74 Å². The van der Waals surface area contributed by atoms with Crippen molar-refractivity contribution in [1.29, 1.82) is 0 Å². The van der Waals surface area contributed by atoms with E-state index in [1.54, 1.807) is 30.7 Å². The number of rotatable bonds is 5. The fourth-order valence-corrected chi connectivity index (χ4v) is 4.52. The highest BCUT2D eigenvalue weighted by Crippen LogP contribution is 2.49. The van der Waals surface area contributed by atoms with Crippen molar-refractivity contribution in [2.45, 2.75) is 25.4 Å². The van der Waals surface area contributed by atoms with Crippen LogP contribution in [0.5, 0.6) is 5.75 Å². The zero-order chi connectivity index (χ0) is 19.1. The van der Waals surface area contributed by atoms with Crippen LogP contribution in [0.4, 0.5) is 4.39 Å². The Morgan fingerprint density at radius 2 is 2.21 bits per heavy atom. The van der Waals surface area contributed by atoms with Gasteiger partial charge >= 0.3 is 0 Å². The van der Waals surface area contributed by atoms with Gasteiger partial charge in [0.25, 0.3) is 0 Å². The summed E-state index contributed by atoms with van der Waals surface area (Å²) in [5.74, 6) is 1.02. The number of hydrogen-bond donors (Lipinski definition) is 1. The predicted octanol–water partition coefficient (Wildman–Crippen LogP) is 2.32. The standard InChI is InChI=1S/C21H23FN4O2/c22-14-3-4-19-16(7-14)20-18(12-28-19)17(11-26(20)10-13-1-2-13)21(27)25-9-15-8-23-5-6-24-15/h3-8,13,17-18,20H,1-2,9-12H2,(H,25,27)/t17-,18+,20+/m1/s1. The van der Waals surface area contributed by atoms with Crippen LogP contribution in [0, 0.1) is 23.6 Å². The number of benzene rings is 1. The summed E-state index contributed by atoms with van der Waals surface area (Å²) in [6.45, 7) is 2.48. The molecule has 2 fully saturated rings.